The summed E-state index contributed by atoms with van der Waals surface area (Å²) in [4.78, 5) is 13.6. The number of amides is 1. The molecule has 19 heavy (non-hydrogen) atoms. The van der Waals surface area contributed by atoms with Gasteiger partial charge in [-0.2, -0.15) is 0 Å². The molecule has 0 saturated carbocycles. The zero-order valence-corrected chi connectivity index (χ0v) is 10.9. The summed E-state index contributed by atoms with van der Waals surface area (Å²) in [5.41, 5.74) is 0.975. The van der Waals surface area contributed by atoms with Crippen LogP contribution in [0.25, 0.3) is 0 Å². The molecule has 1 aromatic carbocycles. The number of hydrogen-bond acceptors (Lipinski definition) is 4. The molecule has 0 radical (unpaired) electrons. The van der Waals surface area contributed by atoms with Crippen LogP contribution in [0.4, 0.5) is 4.79 Å². The SMILES string of the molecule is O=C(OCc1ccccc1)N1CCCN[C@@H](CO)C1. The van der Waals surface area contributed by atoms with Gasteiger partial charge in [0.1, 0.15) is 6.61 Å². The molecule has 5 heteroatoms. The summed E-state index contributed by atoms with van der Waals surface area (Å²) in [5.74, 6) is 0. The van der Waals surface area contributed by atoms with Crippen molar-refractivity contribution in [1.29, 1.82) is 0 Å². The maximum absolute atomic E-state index is 12.0. The van der Waals surface area contributed by atoms with E-state index in [9.17, 15) is 9.90 Å². The Bertz CT molecular complexity index is 397. The van der Waals surface area contributed by atoms with Gasteiger partial charge in [0.2, 0.25) is 0 Å². The Balaban J connectivity index is 1.84. The molecule has 1 aromatic rings. The summed E-state index contributed by atoms with van der Waals surface area (Å²) in [6.07, 6.45) is 0.558. The smallest absolute Gasteiger partial charge is 0.410 e. The van der Waals surface area contributed by atoms with E-state index < -0.39 is 0 Å². The van der Waals surface area contributed by atoms with Crippen LogP contribution in [0.1, 0.15) is 12.0 Å². The predicted octanol–water partition coefficient (Wildman–Crippen LogP) is 0.979. The van der Waals surface area contributed by atoms with Crippen LogP contribution in [0.15, 0.2) is 30.3 Å². The zero-order valence-electron chi connectivity index (χ0n) is 10.9. The summed E-state index contributed by atoms with van der Waals surface area (Å²) >= 11 is 0. The molecule has 1 amide bonds. The van der Waals surface area contributed by atoms with Crippen molar-refractivity contribution >= 4 is 6.09 Å². The van der Waals surface area contributed by atoms with Gasteiger partial charge >= 0.3 is 6.09 Å². The molecule has 1 atom stereocenters. The fraction of sp³-hybridized carbons (Fsp3) is 0.500. The minimum Gasteiger partial charge on any atom is -0.445 e. The number of carbonyl (C=O) groups is 1. The minimum atomic E-state index is -0.314. The number of aliphatic hydroxyl groups excluding tert-OH is 1. The van der Waals surface area contributed by atoms with Gasteiger partial charge in [0.15, 0.2) is 0 Å². The number of nitrogens with one attached hydrogen (secondary N) is 1. The van der Waals surface area contributed by atoms with Gasteiger partial charge in [0.05, 0.1) is 6.61 Å². The number of hydrogen-bond donors (Lipinski definition) is 2. The van der Waals surface area contributed by atoms with Crippen molar-refractivity contribution in [3.05, 3.63) is 35.9 Å². The highest BCUT2D eigenvalue weighted by atomic mass is 16.6. The monoisotopic (exact) mass is 264 g/mol. The topological polar surface area (TPSA) is 61.8 Å². The lowest BCUT2D eigenvalue weighted by Crippen LogP contribution is -2.42. The molecule has 0 unspecified atom stereocenters. The van der Waals surface area contributed by atoms with Gasteiger partial charge in [-0.1, -0.05) is 30.3 Å². The van der Waals surface area contributed by atoms with Crippen LogP contribution in [-0.2, 0) is 11.3 Å². The first kappa shape index (κ1) is 13.8. The number of benzene rings is 1. The van der Waals surface area contributed by atoms with Gasteiger partial charge in [-0.3, -0.25) is 0 Å². The standard InChI is InChI=1S/C14H20N2O3/c17-10-13-9-16(8-4-7-15-13)14(18)19-11-12-5-2-1-3-6-12/h1-3,5-6,13,15,17H,4,7-11H2/t13-/m1/s1. The number of carbonyl (C=O) groups excluding carboxylic acids is 1. The van der Waals surface area contributed by atoms with Gasteiger partial charge < -0.3 is 20.1 Å². The van der Waals surface area contributed by atoms with E-state index in [1.807, 2.05) is 30.3 Å². The second-order valence-electron chi connectivity index (χ2n) is 4.67. The van der Waals surface area contributed by atoms with E-state index in [1.165, 1.54) is 0 Å². The lowest BCUT2D eigenvalue weighted by Gasteiger charge is -2.22. The Morgan fingerprint density at radius 1 is 1.42 bits per heavy atom. The van der Waals surface area contributed by atoms with Crippen molar-refractivity contribution in [3.8, 4) is 0 Å². The lowest BCUT2D eigenvalue weighted by atomic mass is 10.2. The van der Waals surface area contributed by atoms with Crippen LogP contribution in [0.3, 0.4) is 0 Å². The first-order valence-corrected chi connectivity index (χ1v) is 6.59. The Kier molecular flexibility index (Phi) is 5.18. The van der Waals surface area contributed by atoms with E-state index in [0.29, 0.717) is 13.1 Å². The van der Waals surface area contributed by atoms with Crippen molar-refractivity contribution < 1.29 is 14.6 Å². The molecule has 1 fully saturated rings. The second kappa shape index (κ2) is 7.11. The Morgan fingerprint density at radius 3 is 2.95 bits per heavy atom. The van der Waals surface area contributed by atoms with Crippen LogP contribution in [0.5, 0.6) is 0 Å². The van der Waals surface area contributed by atoms with Crippen molar-refractivity contribution in [2.75, 3.05) is 26.2 Å². The Morgan fingerprint density at radius 2 is 2.21 bits per heavy atom. The fourth-order valence-corrected chi connectivity index (χ4v) is 2.10. The summed E-state index contributed by atoms with van der Waals surface area (Å²) in [5, 5.41) is 12.4. The van der Waals surface area contributed by atoms with Gasteiger partial charge in [-0.25, -0.2) is 4.79 Å². The van der Waals surface area contributed by atoms with Crippen molar-refractivity contribution in [1.82, 2.24) is 10.2 Å². The molecule has 2 N–H and O–H groups in total. The number of ether oxygens (including phenoxy) is 1. The lowest BCUT2D eigenvalue weighted by molar-refractivity contribution is 0.0924. The van der Waals surface area contributed by atoms with Crippen LogP contribution in [0.2, 0.25) is 0 Å². The summed E-state index contributed by atoms with van der Waals surface area (Å²) < 4.78 is 5.29. The molecule has 0 bridgehead atoms. The van der Waals surface area contributed by atoms with Crippen LogP contribution >= 0.6 is 0 Å². The average molecular weight is 264 g/mol. The third kappa shape index (κ3) is 4.22. The number of aliphatic hydroxyl groups is 1. The van der Waals surface area contributed by atoms with Crippen LogP contribution in [-0.4, -0.2) is 48.4 Å². The van der Waals surface area contributed by atoms with Crippen molar-refractivity contribution in [2.45, 2.75) is 19.1 Å². The molecular weight excluding hydrogens is 244 g/mol. The molecule has 1 aliphatic heterocycles. The van der Waals surface area contributed by atoms with Crippen LogP contribution < -0.4 is 5.32 Å². The number of nitrogens with zero attached hydrogens (tertiary/aromatic N) is 1. The number of rotatable bonds is 3. The largest absolute Gasteiger partial charge is 0.445 e. The third-order valence-corrected chi connectivity index (χ3v) is 3.16. The van der Waals surface area contributed by atoms with Gasteiger partial charge in [-0.05, 0) is 18.5 Å². The Hall–Kier alpha value is -1.59. The second-order valence-corrected chi connectivity index (χ2v) is 4.67. The minimum absolute atomic E-state index is 0.0302. The normalized spacial score (nSPS) is 19.8. The maximum Gasteiger partial charge on any atom is 0.410 e. The molecule has 1 aliphatic rings. The van der Waals surface area contributed by atoms with Gasteiger partial charge in [0.25, 0.3) is 0 Å². The van der Waals surface area contributed by atoms with Gasteiger partial charge in [-0.15, -0.1) is 0 Å². The molecule has 0 spiro atoms. The maximum atomic E-state index is 12.0. The van der Waals surface area contributed by atoms with Crippen molar-refractivity contribution in [2.24, 2.45) is 0 Å². The van der Waals surface area contributed by atoms with Gasteiger partial charge in [0, 0.05) is 19.1 Å². The summed E-state index contributed by atoms with van der Waals surface area (Å²) in [6, 6.07) is 9.55. The highest BCUT2D eigenvalue weighted by Crippen LogP contribution is 2.06. The van der Waals surface area contributed by atoms with E-state index in [0.717, 1.165) is 18.5 Å². The molecule has 0 aromatic heterocycles. The Labute approximate surface area is 113 Å². The van der Waals surface area contributed by atoms with Crippen LogP contribution in [0, 0.1) is 0 Å². The molecule has 0 aliphatic carbocycles. The van der Waals surface area contributed by atoms with Crippen molar-refractivity contribution in [3.63, 3.8) is 0 Å². The summed E-state index contributed by atoms with van der Waals surface area (Å²) in [6.45, 7) is 2.28. The third-order valence-electron chi connectivity index (χ3n) is 3.16. The molecule has 104 valence electrons. The molecule has 1 saturated heterocycles. The molecule has 1 heterocycles. The molecule has 5 nitrogen and oxygen atoms in total. The molecule has 2 rings (SSSR count). The highest BCUT2D eigenvalue weighted by Gasteiger charge is 2.22. The average Bonchev–Trinajstić information content (AvgIpc) is 2.71. The van der Waals surface area contributed by atoms with E-state index in [2.05, 4.69) is 5.32 Å². The van der Waals surface area contributed by atoms with E-state index in [1.54, 1.807) is 4.90 Å². The first-order valence-electron chi connectivity index (χ1n) is 6.59. The predicted molar refractivity (Wildman–Crippen MR) is 71.7 cm³/mol. The zero-order chi connectivity index (χ0) is 13.5. The quantitative estimate of drug-likeness (QED) is 0.854. The molecular formula is C14H20N2O3. The van der Waals surface area contributed by atoms with E-state index >= 15 is 0 Å². The van der Waals surface area contributed by atoms with E-state index in [4.69, 9.17) is 4.74 Å². The fourth-order valence-electron chi connectivity index (χ4n) is 2.10. The van der Waals surface area contributed by atoms with E-state index in [-0.39, 0.29) is 25.3 Å². The summed E-state index contributed by atoms with van der Waals surface area (Å²) in [7, 11) is 0. The highest BCUT2D eigenvalue weighted by molar-refractivity contribution is 5.67. The first-order chi connectivity index (χ1) is 9.29.